The van der Waals surface area contributed by atoms with E-state index in [4.69, 9.17) is 5.26 Å². The minimum Gasteiger partial charge on any atom is -0.207 e. The number of nitrogens with zero attached hydrogens (tertiary/aromatic N) is 2. The van der Waals surface area contributed by atoms with Gasteiger partial charge in [0.25, 0.3) is 0 Å². The van der Waals surface area contributed by atoms with Gasteiger partial charge in [0.15, 0.2) is 11.6 Å². The third-order valence-electron chi connectivity index (χ3n) is 6.35. The third-order valence-corrected chi connectivity index (χ3v) is 9.11. The molecule has 0 aliphatic heterocycles. The minimum absolute atomic E-state index is 0.251. The lowest BCUT2D eigenvalue weighted by Crippen LogP contribution is -2.03. The van der Waals surface area contributed by atoms with Gasteiger partial charge in [-0.05, 0) is 78.4 Å². The number of halogens is 7. The summed E-state index contributed by atoms with van der Waals surface area (Å²) >= 11 is 8.11. The van der Waals surface area contributed by atoms with Crippen molar-refractivity contribution in [3.05, 3.63) is 135 Å². The maximum atomic E-state index is 15.2. The lowest BCUT2D eigenvalue weighted by Gasteiger charge is -2.14. The molecular formula is C35H23BrF6N2S3. The number of nitriles is 2. The van der Waals surface area contributed by atoms with Crippen LogP contribution in [-0.2, 0) is 0 Å². The van der Waals surface area contributed by atoms with Crippen LogP contribution in [0, 0.1) is 57.6 Å². The Kier molecular flexibility index (Phi) is 14.4. The Bertz CT molecular complexity index is 1830. The standard InChI is InChI=1S/C21H14F3NS2.C7H7BrS.C7H2F3N/c1-26-14-7-3-12(4-8-14)17-19(22)16(11-25)20(23)18(21(17)24)13-5-9-15(27-2)10-6-13;1-9-7-4-2-6(8)3-5-7;8-4-1-6(9)5(3-11)7(10)2-4/h3-10H,1-2H3;2-5H,1H3;1-2H. The smallest absolute Gasteiger partial charge is 0.154 e. The van der Waals surface area contributed by atoms with E-state index in [1.807, 2.05) is 24.6 Å². The van der Waals surface area contributed by atoms with Crippen LogP contribution in [0.1, 0.15) is 11.1 Å². The van der Waals surface area contributed by atoms with Crippen molar-refractivity contribution < 1.29 is 26.3 Å². The van der Waals surface area contributed by atoms with Crippen molar-refractivity contribution in [3.63, 3.8) is 0 Å². The number of thioether (sulfide) groups is 3. The number of benzene rings is 5. The highest BCUT2D eigenvalue weighted by Crippen LogP contribution is 2.38. The molecule has 0 N–H and O–H groups in total. The summed E-state index contributed by atoms with van der Waals surface area (Å²) in [6.07, 6.45) is 5.85. The van der Waals surface area contributed by atoms with E-state index < -0.39 is 57.2 Å². The first-order chi connectivity index (χ1) is 22.5. The van der Waals surface area contributed by atoms with Crippen molar-refractivity contribution >= 4 is 51.2 Å². The summed E-state index contributed by atoms with van der Waals surface area (Å²) in [4.78, 5) is 3.16. The molecule has 0 aliphatic rings. The Morgan fingerprint density at radius 2 is 0.851 bits per heavy atom. The molecule has 12 heteroatoms. The van der Waals surface area contributed by atoms with Gasteiger partial charge in [0.05, 0.1) is 11.1 Å². The van der Waals surface area contributed by atoms with Crippen molar-refractivity contribution in [2.75, 3.05) is 18.8 Å². The predicted molar refractivity (Wildman–Crippen MR) is 182 cm³/mol. The first kappa shape index (κ1) is 37.6. The van der Waals surface area contributed by atoms with Gasteiger partial charge in [0.2, 0.25) is 0 Å². The molecule has 0 saturated carbocycles. The normalized spacial score (nSPS) is 10.1. The molecule has 0 unspecified atom stereocenters. The van der Waals surface area contributed by atoms with Crippen LogP contribution in [0.2, 0.25) is 0 Å². The zero-order valence-electron chi connectivity index (χ0n) is 24.8. The highest BCUT2D eigenvalue weighted by molar-refractivity contribution is 9.10. The van der Waals surface area contributed by atoms with Gasteiger partial charge >= 0.3 is 0 Å². The molecule has 0 fully saturated rings. The average molecular weight is 762 g/mol. The summed E-state index contributed by atoms with van der Waals surface area (Å²) in [6, 6.07) is 25.1. The van der Waals surface area contributed by atoms with Crippen molar-refractivity contribution in [1.82, 2.24) is 0 Å². The van der Waals surface area contributed by atoms with Crippen LogP contribution in [-0.4, -0.2) is 18.8 Å². The summed E-state index contributed by atoms with van der Waals surface area (Å²) in [7, 11) is 0. The first-order valence-electron chi connectivity index (χ1n) is 13.2. The van der Waals surface area contributed by atoms with Crippen LogP contribution in [0.5, 0.6) is 0 Å². The molecule has 0 atom stereocenters. The molecule has 0 heterocycles. The van der Waals surface area contributed by atoms with Crippen LogP contribution in [0.15, 0.2) is 104 Å². The van der Waals surface area contributed by atoms with Gasteiger partial charge in [-0.3, -0.25) is 0 Å². The maximum absolute atomic E-state index is 15.2. The van der Waals surface area contributed by atoms with E-state index in [0.29, 0.717) is 12.1 Å². The molecule has 2 nitrogen and oxygen atoms in total. The number of hydrogen-bond acceptors (Lipinski definition) is 5. The van der Waals surface area contributed by atoms with Gasteiger partial charge in [-0.15, -0.1) is 35.3 Å². The molecule has 0 amide bonds. The molecule has 240 valence electrons. The van der Waals surface area contributed by atoms with Crippen LogP contribution >= 0.6 is 51.2 Å². The molecule has 0 bridgehead atoms. The molecule has 5 aromatic rings. The summed E-state index contributed by atoms with van der Waals surface area (Å²) in [5.41, 5.74) is -1.84. The Balaban J connectivity index is 0.000000244. The fourth-order valence-electron chi connectivity index (χ4n) is 4.00. The first-order valence-corrected chi connectivity index (χ1v) is 17.7. The molecule has 0 saturated heterocycles. The molecule has 0 aliphatic carbocycles. The molecule has 0 spiro atoms. The van der Waals surface area contributed by atoms with Crippen LogP contribution in [0.3, 0.4) is 0 Å². The second-order valence-electron chi connectivity index (χ2n) is 9.15. The van der Waals surface area contributed by atoms with Gasteiger partial charge in [0.1, 0.15) is 46.5 Å². The molecular weight excluding hydrogens is 738 g/mol. The lowest BCUT2D eigenvalue weighted by molar-refractivity contribution is 0.538. The fourth-order valence-corrected chi connectivity index (χ4v) is 5.49. The van der Waals surface area contributed by atoms with Crippen LogP contribution in [0.25, 0.3) is 22.3 Å². The molecule has 47 heavy (non-hydrogen) atoms. The summed E-state index contributed by atoms with van der Waals surface area (Å²) < 4.78 is 82.9. The van der Waals surface area contributed by atoms with Crippen LogP contribution < -0.4 is 0 Å². The van der Waals surface area contributed by atoms with E-state index in [1.54, 1.807) is 60.3 Å². The van der Waals surface area contributed by atoms with Crippen molar-refractivity contribution in [3.8, 4) is 34.4 Å². The Morgan fingerprint density at radius 3 is 1.17 bits per heavy atom. The highest BCUT2D eigenvalue weighted by Gasteiger charge is 2.27. The van der Waals surface area contributed by atoms with Crippen molar-refractivity contribution in [1.29, 1.82) is 10.5 Å². The third kappa shape index (κ3) is 9.61. The van der Waals surface area contributed by atoms with E-state index in [-0.39, 0.29) is 11.1 Å². The van der Waals surface area contributed by atoms with E-state index in [1.165, 1.54) is 40.6 Å². The molecule has 0 aromatic heterocycles. The van der Waals surface area contributed by atoms with Crippen LogP contribution in [0.4, 0.5) is 26.3 Å². The monoisotopic (exact) mass is 760 g/mol. The highest BCUT2D eigenvalue weighted by atomic mass is 79.9. The largest absolute Gasteiger partial charge is 0.207 e. The lowest BCUT2D eigenvalue weighted by atomic mass is 9.94. The van der Waals surface area contributed by atoms with Gasteiger partial charge in [0, 0.05) is 31.3 Å². The Hall–Kier alpha value is -3.81. The van der Waals surface area contributed by atoms with E-state index in [2.05, 4.69) is 34.3 Å². The number of rotatable bonds is 5. The summed E-state index contributed by atoms with van der Waals surface area (Å²) in [6.45, 7) is 0. The zero-order chi connectivity index (χ0) is 34.7. The quantitative estimate of drug-likeness (QED) is 0.132. The molecule has 5 rings (SSSR count). The van der Waals surface area contributed by atoms with E-state index in [0.717, 1.165) is 14.3 Å². The summed E-state index contributed by atoms with van der Waals surface area (Å²) in [5, 5.41) is 17.4. The zero-order valence-corrected chi connectivity index (χ0v) is 28.9. The van der Waals surface area contributed by atoms with Gasteiger partial charge in [-0.2, -0.15) is 10.5 Å². The van der Waals surface area contributed by atoms with E-state index >= 15 is 4.39 Å². The van der Waals surface area contributed by atoms with Crippen molar-refractivity contribution in [2.24, 2.45) is 0 Å². The topological polar surface area (TPSA) is 47.6 Å². The van der Waals surface area contributed by atoms with Crippen molar-refractivity contribution in [2.45, 2.75) is 14.7 Å². The maximum Gasteiger partial charge on any atom is 0.154 e. The predicted octanol–water partition coefficient (Wildman–Crippen LogP) is 11.9. The summed E-state index contributed by atoms with van der Waals surface area (Å²) in [5.74, 6) is -6.77. The second kappa shape index (κ2) is 17.9. The fraction of sp³-hybridized carbons (Fsp3) is 0.0857. The molecule has 0 radical (unpaired) electrons. The number of hydrogen-bond donors (Lipinski definition) is 0. The van der Waals surface area contributed by atoms with E-state index in [9.17, 15) is 27.2 Å². The van der Waals surface area contributed by atoms with Gasteiger partial charge in [-0.1, -0.05) is 40.2 Å². The minimum atomic E-state index is -1.19. The Labute approximate surface area is 290 Å². The Morgan fingerprint density at radius 1 is 0.511 bits per heavy atom. The second-order valence-corrected chi connectivity index (χ2v) is 12.7. The van der Waals surface area contributed by atoms with Gasteiger partial charge in [-0.25, -0.2) is 26.3 Å². The average Bonchev–Trinajstić information content (AvgIpc) is 3.06. The molecule has 5 aromatic carbocycles. The SMILES string of the molecule is CSc1ccc(-c2c(F)c(C#N)c(F)c(-c3ccc(SC)cc3)c2F)cc1.CSc1ccc(Br)cc1.N#Cc1c(F)cc(F)cc1F. The van der Waals surface area contributed by atoms with Gasteiger partial charge < -0.3 is 0 Å².